The van der Waals surface area contributed by atoms with Gasteiger partial charge in [0.25, 0.3) is 5.91 Å². The Morgan fingerprint density at radius 1 is 0.893 bits per heavy atom. The van der Waals surface area contributed by atoms with Crippen LogP contribution in [0, 0.1) is 0 Å². The second-order valence-electron chi connectivity index (χ2n) is 6.81. The Bertz CT molecular complexity index is 784. The normalized spacial score (nSPS) is 11.5. The van der Waals surface area contributed by atoms with Crippen LogP contribution >= 0.6 is 0 Å². The summed E-state index contributed by atoms with van der Waals surface area (Å²) in [6.07, 6.45) is 4.24. The van der Waals surface area contributed by atoms with E-state index in [0.29, 0.717) is 16.7 Å². The molecular formula is C23H27NO4. The van der Waals surface area contributed by atoms with E-state index in [9.17, 15) is 14.4 Å². The highest BCUT2D eigenvalue weighted by Gasteiger charge is 2.14. The van der Waals surface area contributed by atoms with Crippen molar-refractivity contribution >= 4 is 17.7 Å². The van der Waals surface area contributed by atoms with Gasteiger partial charge >= 0.3 is 5.97 Å². The standard InChI is InChI=1S/C23H27NO4/c1-3-4-6-9-17(2)24-21(25)16-28-23(27)20-14-12-19(13-15-20)22(26)18-10-7-5-8-11-18/h5,7-8,10-15,17H,3-4,6,9,16H2,1-2H3,(H,24,25)/t17-/m1/s1. The van der Waals surface area contributed by atoms with Crippen molar-refractivity contribution in [2.45, 2.75) is 45.6 Å². The van der Waals surface area contributed by atoms with Crippen molar-refractivity contribution in [2.24, 2.45) is 0 Å². The van der Waals surface area contributed by atoms with E-state index in [0.717, 1.165) is 25.7 Å². The van der Waals surface area contributed by atoms with Crippen molar-refractivity contribution < 1.29 is 19.1 Å². The molecule has 0 aliphatic carbocycles. The maximum Gasteiger partial charge on any atom is 0.338 e. The Kier molecular flexibility index (Phi) is 8.40. The topological polar surface area (TPSA) is 72.5 Å². The van der Waals surface area contributed by atoms with Gasteiger partial charge in [0, 0.05) is 17.2 Å². The predicted molar refractivity (Wildman–Crippen MR) is 108 cm³/mol. The van der Waals surface area contributed by atoms with E-state index in [-0.39, 0.29) is 24.3 Å². The Labute approximate surface area is 166 Å². The number of carbonyl (C=O) groups excluding carboxylic acids is 3. The van der Waals surface area contributed by atoms with E-state index in [1.54, 1.807) is 36.4 Å². The van der Waals surface area contributed by atoms with Gasteiger partial charge in [0.2, 0.25) is 0 Å². The summed E-state index contributed by atoms with van der Waals surface area (Å²) in [6.45, 7) is 3.76. The van der Waals surface area contributed by atoms with Crippen LogP contribution in [0.4, 0.5) is 0 Å². The Hall–Kier alpha value is -2.95. The molecule has 5 heteroatoms. The molecule has 0 radical (unpaired) electrons. The van der Waals surface area contributed by atoms with Gasteiger partial charge < -0.3 is 10.1 Å². The highest BCUT2D eigenvalue weighted by Crippen LogP contribution is 2.12. The fourth-order valence-electron chi connectivity index (χ4n) is 2.82. The SMILES string of the molecule is CCCCC[C@@H](C)NC(=O)COC(=O)c1ccc(C(=O)c2ccccc2)cc1. The molecule has 1 amide bonds. The van der Waals surface area contributed by atoms with Crippen molar-refractivity contribution in [3.63, 3.8) is 0 Å². The maximum atomic E-state index is 12.4. The molecule has 1 atom stereocenters. The molecule has 0 heterocycles. The summed E-state index contributed by atoms with van der Waals surface area (Å²) in [7, 11) is 0. The van der Waals surface area contributed by atoms with Crippen molar-refractivity contribution in [1.29, 1.82) is 0 Å². The largest absolute Gasteiger partial charge is 0.452 e. The highest BCUT2D eigenvalue weighted by molar-refractivity contribution is 6.09. The molecule has 0 fully saturated rings. The van der Waals surface area contributed by atoms with E-state index >= 15 is 0 Å². The summed E-state index contributed by atoms with van der Waals surface area (Å²) >= 11 is 0. The fourth-order valence-corrected chi connectivity index (χ4v) is 2.82. The number of hydrogen-bond acceptors (Lipinski definition) is 4. The third kappa shape index (κ3) is 6.65. The number of amides is 1. The van der Waals surface area contributed by atoms with Crippen LogP contribution in [0.2, 0.25) is 0 Å². The van der Waals surface area contributed by atoms with Gasteiger partial charge in [0.05, 0.1) is 5.56 Å². The number of benzene rings is 2. The van der Waals surface area contributed by atoms with Crippen LogP contribution in [-0.4, -0.2) is 30.3 Å². The molecule has 0 saturated carbocycles. The first-order valence-corrected chi connectivity index (χ1v) is 9.67. The minimum Gasteiger partial charge on any atom is -0.452 e. The minimum atomic E-state index is -0.590. The first-order chi connectivity index (χ1) is 13.5. The summed E-state index contributed by atoms with van der Waals surface area (Å²) in [5.74, 6) is -1.02. The van der Waals surface area contributed by atoms with Crippen molar-refractivity contribution in [3.05, 3.63) is 71.3 Å². The van der Waals surface area contributed by atoms with Crippen LogP contribution < -0.4 is 5.32 Å². The number of hydrogen-bond donors (Lipinski definition) is 1. The zero-order valence-corrected chi connectivity index (χ0v) is 16.4. The number of carbonyl (C=O) groups is 3. The molecule has 0 spiro atoms. The third-order valence-corrected chi connectivity index (χ3v) is 4.40. The number of ether oxygens (including phenoxy) is 1. The highest BCUT2D eigenvalue weighted by atomic mass is 16.5. The maximum absolute atomic E-state index is 12.4. The third-order valence-electron chi connectivity index (χ3n) is 4.40. The van der Waals surface area contributed by atoms with Gasteiger partial charge in [0.1, 0.15) is 0 Å². The van der Waals surface area contributed by atoms with Crippen LogP contribution in [0.25, 0.3) is 0 Å². The number of esters is 1. The van der Waals surface area contributed by atoms with Crippen LogP contribution in [0.3, 0.4) is 0 Å². The second kappa shape index (κ2) is 11.0. The zero-order chi connectivity index (χ0) is 20.4. The molecule has 0 aromatic heterocycles. The summed E-state index contributed by atoms with van der Waals surface area (Å²) in [6, 6.07) is 15.2. The van der Waals surface area contributed by atoms with Gasteiger partial charge in [-0.15, -0.1) is 0 Å². The molecule has 0 aliphatic heterocycles. The van der Waals surface area contributed by atoms with E-state index < -0.39 is 5.97 Å². The lowest BCUT2D eigenvalue weighted by atomic mass is 10.0. The molecule has 2 aromatic carbocycles. The molecule has 148 valence electrons. The van der Waals surface area contributed by atoms with Gasteiger partial charge in [-0.25, -0.2) is 4.79 Å². The first-order valence-electron chi connectivity index (χ1n) is 9.67. The summed E-state index contributed by atoms with van der Waals surface area (Å²) in [5, 5.41) is 2.83. The number of nitrogens with one attached hydrogen (secondary N) is 1. The van der Waals surface area contributed by atoms with Crippen LogP contribution in [0.15, 0.2) is 54.6 Å². The molecule has 0 saturated heterocycles. The molecule has 5 nitrogen and oxygen atoms in total. The first kappa shape index (κ1) is 21.4. The number of ketones is 1. The van der Waals surface area contributed by atoms with E-state index in [4.69, 9.17) is 4.74 Å². The van der Waals surface area contributed by atoms with Crippen LogP contribution in [0.1, 0.15) is 65.8 Å². The molecule has 0 bridgehead atoms. The molecule has 0 aliphatic rings. The minimum absolute atomic E-state index is 0.0565. The van der Waals surface area contributed by atoms with E-state index in [1.165, 1.54) is 12.1 Å². The summed E-state index contributed by atoms with van der Waals surface area (Å²) in [5.41, 5.74) is 1.37. The Morgan fingerprint density at radius 3 is 2.14 bits per heavy atom. The molecule has 0 unspecified atom stereocenters. The Morgan fingerprint density at radius 2 is 1.50 bits per heavy atom. The average Bonchev–Trinajstić information content (AvgIpc) is 2.72. The van der Waals surface area contributed by atoms with Crippen molar-refractivity contribution in [3.8, 4) is 0 Å². The lowest BCUT2D eigenvalue weighted by Gasteiger charge is -2.13. The fraction of sp³-hybridized carbons (Fsp3) is 0.348. The summed E-state index contributed by atoms with van der Waals surface area (Å²) < 4.78 is 5.07. The second-order valence-corrected chi connectivity index (χ2v) is 6.81. The van der Waals surface area contributed by atoms with Crippen molar-refractivity contribution in [2.75, 3.05) is 6.61 Å². The monoisotopic (exact) mass is 381 g/mol. The lowest BCUT2D eigenvalue weighted by Crippen LogP contribution is -2.35. The van der Waals surface area contributed by atoms with E-state index in [2.05, 4.69) is 12.2 Å². The molecule has 1 N–H and O–H groups in total. The van der Waals surface area contributed by atoms with Gasteiger partial charge in [-0.05, 0) is 25.5 Å². The number of unbranched alkanes of at least 4 members (excludes halogenated alkanes) is 2. The van der Waals surface area contributed by atoms with Gasteiger partial charge in [-0.3, -0.25) is 9.59 Å². The van der Waals surface area contributed by atoms with Crippen molar-refractivity contribution in [1.82, 2.24) is 5.32 Å². The predicted octanol–water partition coefficient (Wildman–Crippen LogP) is 4.16. The van der Waals surface area contributed by atoms with Crippen LogP contribution in [-0.2, 0) is 9.53 Å². The molecule has 28 heavy (non-hydrogen) atoms. The van der Waals surface area contributed by atoms with Gasteiger partial charge in [-0.1, -0.05) is 68.7 Å². The van der Waals surface area contributed by atoms with Gasteiger partial charge in [-0.2, -0.15) is 0 Å². The average molecular weight is 381 g/mol. The Balaban J connectivity index is 1.83. The van der Waals surface area contributed by atoms with Crippen LogP contribution in [0.5, 0.6) is 0 Å². The van der Waals surface area contributed by atoms with Gasteiger partial charge in [0.15, 0.2) is 12.4 Å². The zero-order valence-electron chi connectivity index (χ0n) is 16.4. The molecular weight excluding hydrogens is 354 g/mol. The lowest BCUT2D eigenvalue weighted by molar-refractivity contribution is -0.124. The van der Waals surface area contributed by atoms with E-state index in [1.807, 2.05) is 13.0 Å². The summed E-state index contributed by atoms with van der Waals surface area (Å²) in [4.78, 5) is 36.4. The number of rotatable bonds is 10. The smallest absolute Gasteiger partial charge is 0.338 e. The molecule has 2 aromatic rings. The quantitative estimate of drug-likeness (QED) is 0.381. The molecule has 2 rings (SSSR count).